The molecule has 8 nitrogen and oxygen atoms in total. The van der Waals surface area contributed by atoms with Gasteiger partial charge < -0.3 is 16.4 Å². The molecule has 0 unspecified atom stereocenters. The third-order valence-corrected chi connectivity index (χ3v) is 7.14. The van der Waals surface area contributed by atoms with Gasteiger partial charge in [-0.3, -0.25) is 24.5 Å². The van der Waals surface area contributed by atoms with Crippen molar-refractivity contribution in [3.63, 3.8) is 0 Å². The number of hydrogen-bond donors (Lipinski definition) is 3. The van der Waals surface area contributed by atoms with E-state index in [4.69, 9.17) is 28.9 Å². The van der Waals surface area contributed by atoms with Crippen LogP contribution in [0, 0.1) is 0 Å². The quantitative estimate of drug-likeness (QED) is 0.141. The summed E-state index contributed by atoms with van der Waals surface area (Å²) in [7, 11) is 3.81. The third-order valence-electron chi connectivity index (χ3n) is 7.14. The fourth-order valence-corrected chi connectivity index (χ4v) is 4.88. The number of pyridine rings is 2. The normalized spacial score (nSPS) is 11.3. The molecule has 0 aliphatic carbocycles. The van der Waals surface area contributed by atoms with E-state index in [-0.39, 0.29) is 48.0 Å². The molecule has 2 atom stereocenters. The summed E-state index contributed by atoms with van der Waals surface area (Å²) in [5.74, 6) is -0.274. The number of nitrogens with one attached hydrogen (secondary N) is 2. The summed E-state index contributed by atoms with van der Waals surface area (Å²) in [6, 6.07) is 33.4. The van der Waals surface area contributed by atoms with Gasteiger partial charge in [0.2, 0.25) is 11.8 Å². The standard InChI is InChI=1S/C19H19N3O.C17H15N3O.CH2Cl2.2ClH/c1-22(2)18(14-6-4-3-5-7-14)19(23)21-17-9-8-16-13-20-11-10-15(16)12-17;18-16(12-4-2-1-3-5-12)17(21)20-15-7-6-14-11-19-9-8-13(14)10-15;2-1-3;;/h3-13,18H,1-2H3,(H,21,23);1-11,16H,18H2,(H,20,21);1H2;2*1H/t18-;16-;;;/m11.../s1. The van der Waals surface area contributed by atoms with Gasteiger partial charge >= 0.3 is 0 Å². The Labute approximate surface area is 308 Å². The Morgan fingerprint density at radius 3 is 1.53 bits per heavy atom. The van der Waals surface area contributed by atoms with Gasteiger partial charge in [-0.2, -0.15) is 0 Å². The van der Waals surface area contributed by atoms with Gasteiger partial charge in [0.05, 0.1) is 5.34 Å². The zero-order chi connectivity index (χ0) is 33.6. The van der Waals surface area contributed by atoms with Crippen molar-refractivity contribution in [2.24, 2.45) is 5.73 Å². The fourth-order valence-electron chi connectivity index (χ4n) is 4.88. The number of nitrogens with two attached hydrogens (primary N) is 1. The molecule has 2 aromatic heterocycles. The Morgan fingerprint density at radius 1 is 0.653 bits per heavy atom. The number of amides is 2. The molecule has 0 saturated carbocycles. The van der Waals surface area contributed by atoms with E-state index in [1.54, 1.807) is 18.6 Å². The highest BCUT2D eigenvalue weighted by Gasteiger charge is 2.22. The Hall–Kier alpha value is -4.28. The molecule has 4 aromatic carbocycles. The number of carbonyl (C=O) groups excluding carboxylic acids is 2. The summed E-state index contributed by atoms with van der Waals surface area (Å²) in [6.45, 7) is 0. The Balaban J connectivity index is 0.000000304. The maximum Gasteiger partial charge on any atom is 0.246 e. The smallest absolute Gasteiger partial charge is 0.246 e. The molecule has 0 aliphatic rings. The summed E-state index contributed by atoms with van der Waals surface area (Å²) in [6.07, 6.45) is 7.08. The van der Waals surface area contributed by atoms with Crippen LogP contribution in [-0.4, -0.2) is 46.1 Å². The number of carbonyl (C=O) groups is 2. The molecule has 0 fully saturated rings. The van der Waals surface area contributed by atoms with Crippen molar-refractivity contribution in [2.45, 2.75) is 12.1 Å². The summed E-state index contributed by atoms with van der Waals surface area (Å²) in [4.78, 5) is 35.0. The first-order chi connectivity index (χ1) is 22.8. The fraction of sp³-hybridized carbons (Fsp3) is 0.135. The number of rotatable bonds is 7. The van der Waals surface area contributed by atoms with Gasteiger partial charge in [-0.25, -0.2) is 0 Å². The molecule has 0 radical (unpaired) electrons. The lowest BCUT2D eigenvalue weighted by molar-refractivity contribution is -0.120. The predicted octanol–water partition coefficient (Wildman–Crippen LogP) is 8.61. The molecule has 49 heavy (non-hydrogen) atoms. The van der Waals surface area contributed by atoms with Gasteiger partial charge in [0.1, 0.15) is 12.1 Å². The number of alkyl halides is 2. The highest BCUT2D eigenvalue weighted by Crippen LogP contribution is 2.23. The molecule has 2 heterocycles. The van der Waals surface area contributed by atoms with Crippen LogP contribution in [0.2, 0.25) is 0 Å². The molecule has 0 saturated heterocycles. The summed E-state index contributed by atoms with van der Waals surface area (Å²) in [5, 5.41) is 10.2. The molecule has 0 aliphatic heterocycles. The van der Waals surface area contributed by atoms with Crippen molar-refractivity contribution in [1.29, 1.82) is 0 Å². The average Bonchev–Trinajstić information content (AvgIpc) is 3.09. The van der Waals surface area contributed by atoms with Gasteiger partial charge in [0, 0.05) is 46.9 Å². The number of benzene rings is 4. The van der Waals surface area contributed by atoms with E-state index in [2.05, 4.69) is 20.6 Å². The van der Waals surface area contributed by atoms with E-state index in [0.717, 1.165) is 44.0 Å². The van der Waals surface area contributed by atoms with Crippen molar-refractivity contribution >= 4 is 92.7 Å². The monoisotopic (exact) mass is 738 g/mol. The minimum Gasteiger partial charge on any atom is -0.324 e. The highest BCUT2D eigenvalue weighted by molar-refractivity contribution is 6.40. The van der Waals surface area contributed by atoms with Crippen LogP contribution in [0.15, 0.2) is 134 Å². The lowest BCUT2D eigenvalue weighted by Crippen LogP contribution is -2.32. The first-order valence-electron chi connectivity index (χ1n) is 14.7. The van der Waals surface area contributed by atoms with Crippen LogP contribution in [0.5, 0.6) is 0 Å². The Morgan fingerprint density at radius 2 is 1.08 bits per heavy atom. The van der Waals surface area contributed by atoms with Gasteiger partial charge in [-0.1, -0.05) is 72.8 Å². The summed E-state index contributed by atoms with van der Waals surface area (Å²) in [5.41, 5.74) is 9.26. The summed E-state index contributed by atoms with van der Waals surface area (Å²) < 4.78 is 0. The van der Waals surface area contributed by atoms with Crippen molar-refractivity contribution in [3.8, 4) is 0 Å². The second-order valence-electron chi connectivity index (χ2n) is 10.6. The van der Waals surface area contributed by atoms with Crippen molar-refractivity contribution in [2.75, 3.05) is 30.1 Å². The lowest BCUT2D eigenvalue weighted by Gasteiger charge is -2.24. The number of aromatic nitrogens is 2. The number of nitrogens with zero attached hydrogens (tertiary/aromatic N) is 3. The van der Waals surface area contributed by atoms with Crippen LogP contribution in [0.1, 0.15) is 23.2 Å². The number of fused-ring (bicyclic) bond motifs is 2. The second-order valence-corrected chi connectivity index (χ2v) is 11.4. The van der Waals surface area contributed by atoms with Crippen LogP contribution in [-0.2, 0) is 9.59 Å². The molecule has 0 spiro atoms. The predicted molar refractivity (Wildman–Crippen MR) is 208 cm³/mol. The van der Waals surface area contributed by atoms with Crippen LogP contribution >= 0.6 is 48.0 Å². The third kappa shape index (κ3) is 12.0. The number of halogens is 4. The minimum absolute atomic E-state index is 0. The van der Waals surface area contributed by atoms with E-state index in [9.17, 15) is 9.59 Å². The van der Waals surface area contributed by atoms with E-state index in [1.165, 1.54) is 0 Å². The van der Waals surface area contributed by atoms with Gasteiger partial charge in [0.25, 0.3) is 0 Å². The zero-order valence-corrected chi connectivity index (χ0v) is 30.0. The Kier molecular flexibility index (Phi) is 17.5. The maximum absolute atomic E-state index is 12.7. The molecule has 4 N–H and O–H groups in total. The van der Waals surface area contributed by atoms with E-state index >= 15 is 0 Å². The largest absolute Gasteiger partial charge is 0.324 e. The number of hydrogen-bond acceptors (Lipinski definition) is 6. The average molecular weight is 741 g/mol. The van der Waals surface area contributed by atoms with Crippen molar-refractivity contribution in [3.05, 3.63) is 145 Å². The molecule has 6 rings (SSSR count). The van der Waals surface area contributed by atoms with Gasteiger partial charge in [-0.15, -0.1) is 48.0 Å². The topological polar surface area (TPSA) is 113 Å². The molecular weight excluding hydrogens is 702 g/mol. The number of anilines is 2. The number of likely N-dealkylation sites (N-methyl/N-ethyl adjacent to an activating group) is 1. The summed E-state index contributed by atoms with van der Waals surface area (Å²) >= 11 is 9.53. The van der Waals surface area contributed by atoms with Crippen molar-refractivity contribution in [1.82, 2.24) is 14.9 Å². The highest BCUT2D eigenvalue weighted by atomic mass is 35.5. The zero-order valence-electron chi connectivity index (χ0n) is 26.9. The van der Waals surface area contributed by atoms with Crippen LogP contribution < -0.4 is 16.4 Å². The molecule has 0 bridgehead atoms. The Bertz CT molecular complexity index is 1900. The van der Waals surface area contributed by atoms with E-state index in [1.807, 2.05) is 134 Å². The van der Waals surface area contributed by atoms with Gasteiger partial charge in [-0.05, 0) is 72.4 Å². The molecule has 256 valence electrons. The molecule has 12 heteroatoms. The molecule has 6 aromatic rings. The molecular formula is C37H38Cl4N6O2. The van der Waals surface area contributed by atoms with E-state index in [0.29, 0.717) is 0 Å². The second kappa shape index (κ2) is 20.9. The SMILES string of the molecule is CN(C)[C@@H](C(=O)Nc1ccc2cnccc2c1)c1ccccc1.Cl.Cl.ClCCl.N[C@@H](C(=O)Nc1ccc2cnccc2c1)c1ccccc1. The van der Waals surface area contributed by atoms with Crippen LogP contribution in [0.3, 0.4) is 0 Å². The molecule has 2 amide bonds. The first-order valence-corrected chi connectivity index (χ1v) is 15.8. The minimum atomic E-state index is -0.681. The van der Waals surface area contributed by atoms with Crippen LogP contribution in [0.4, 0.5) is 11.4 Å². The maximum atomic E-state index is 12.7. The lowest BCUT2D eigenvalue weighted by atomic mass is 10.0. The first kappa shape index (κ1) is 40.9. The van der Waals surface area contributed by atoms with Crippen LogP contribution in [0.25, 0.3) is 21.5 Å². The van der Waals surface area contributed by atoms with Crippen molar-refractivity contribution < 1.29 is 9.59 Å². The van der Waals surface area contributed by atoms with Gasteiger partial charge in [0.15, 0.2) is 0 Å². The van der Waals surface area contributed by atoms with E-state index < -0.39 is 6.04 Å².